The van der Waals surface area contributed by atoms with Gasteiger partial charge in [-0.3, -0.25) is 9.69 Å². The summed E-state index contributed by atoms with van der Waals surface area (Å²) in [5, 5.41) is 0. The molecule has 4 rings (SSSR count). The quantitative estimate of drug-likeness (QED) is 0.870. The van der Waals surface area contributed by atoms with Gasteiger partial charge in [0.2, 0.25) is 5.89 Å². The molecule has 1 saturated heterocycles. The first kappa shape index (κ1) is 15.4. The molecule has 2 fully saturated rings. The molecule has 1 amide bonds. The number of rotatable bonds is 3. The number of hydrogen-bond donors (Lipinski definition) is 0. The van der Waals surface area contributed by atoms with Crippen LogP contribution in [0.1, 0.15) is 36.0 Å². The SMILES string of the molecule is O=C(c1ccc(-c2ncco2)cc1)N1CCCN(C2CCC2)CC1. The van der Waals surface area contributed by atoms with E-state index in [1.165, 1.54) is 19.3 Å². The number of oxazole rings is 1. The van der Waals surface area contributed by atoms with Gasteiger partial charge in [0.15, 0.2) is 0 Å². The number of nitrogens with zero attached hydrogens (tertiary/aromatic N) is 3. The highest BCUT2D eigenvalue weighted by Gasteiger charge is 2.27. The van der Waals surface area contributed by atoms with Gasteiger partial charge in [0, 0.05) is 43.3 Å². The molecule has 1 aliphatic carbocycles. The fraction of sp³-hybridized carbons (Fsp3) is 0.474. The van der Waals surface area contributed by atoms with Gasteiger partial charge in [-0.2, -0.15) is 0 Å². The maximum atomic E-state index is 12.8. The molecule has 2 aromatic rings. The van der Waals surface area contributed by atoms with Crippen LogP contribution in [-0.2, 0) is 0 Å². The maximum absolute atomic E-state index is 12.8. The Balaban J connectivity index is 1.41. The van der Waals surface area contributed by atoms with Gasteiger partial charge in [-0.15, -0.1) is 0 Å². The highest BCUT2D eigenvalue weighted by Crippen LogP contribution is 2.26. The van der Waals surface area contributed by atoms with E-state index in [1.807, 2.05) is 29.2 Å². The zero-order valence-corrected chi connectivity index (χ0v) is 13.9. The molecular formula is C19H23N3O2. The summed E-state index contributed by atoms with van der Waals surface area (Å²) in [5.41, 5.74) is 1.63. The Morgan fingerprint density at radius 3 is 2.54 bits per heavy atom. The topological polar surface area (TPSA) is 49.6 Å². The van der Waals surface area contributed by atoms with E-state index < -0.39 is 0 Å². The summed E-state index contributed by atoms with van der Waals surface area (Å²) in [4.78, 5) is 21.5. The normalized spacial score (nSPS) is 19.8. The van der Waals surface area contributed by atoms with Crippen molar-refractivity contribution in [3.05, 3.63) is 42.3 Å². The molecule has 1 aromatic carbocycles. The lowest BCUT2D eigenvalue weighted by molar-refractivity contribution is 0.0749. The fourth-order valence-corrected chi connectivity index (χ4v) is 3.56. The van der Waals surface area contributed by atoms with Crippen molar-refractivity contribution < 1.29 is 9.21 Å². The van der Waals surface area contributed by atoms with Crippen molar-refractivity contribution in [1.29, 1.82) is 0 Å². The minimum Gasteiger partial charge on any atom is -0.445 e. The molecule has 1 aliphatic heterocycles. The van der Waals surface area contributed by atoms with E-state index in [-0.39, 0.29) is 5.91 Å². The van der Waals surface area contributed by atoms with Crippen molar-refractivity contribution in [2.45, 2.75) is 31.7 Å². The molecular weight excluding hydrogens is 302 g/mol. The second-order valence-corrected chi connectivity index (χ2v) is 6.68. The number of benzene rings is 1. The second-order valence-electron chi connectivity index (χ2n) is 6.68. The van der Waals surface area contributed by atoms with Crippen molar-refractivity contribution in [3.63, 3.8) is 0 Å². The predicted molar refractivity (Wildman–Crippen MR) is 91.7 cm³/mol. The lowest BCUT2D eigenvalue weighted by Gasteiger charge is -2.36. The molecule has 1 aromatic heterocycles. The summed E-state index contributed by atoms with van der Waals surface area (Å²) in [6.45, 7) is 3.81. The average Bonchev–Trinajstić information content (AvgIpc) is 3.00. The predicted octanol–water partition coefficient (Wildman–Crippen LogP) is 3.04. The smallest absolute Gasteiger partial charge is 0.253 e. The molecule has 2 heterocycles. The van der Waals surface area contributed by atoms with Gasteiger partial charge >= 0.3 is 0 Å². The average molecular weight is 325 g/mol. The van der Waals surface area contributed by atoms with Gasteiger partial charge in [-0.1, -0.05) is 6.42 Å². The monoisotopic (exact) mass is 325 g/mol. The van der Waals surface area contributed by atoms with Crippen molar-refractivity contribution in [2.24, 2.45) is 0 Å². The Kier molecular flexibility index (Phi) is 4.34. The number of amides is 1. The molecule has 5 heteroatoms. The number of carbonyl (C=O) groups excluding carboxylic acids is 1. The third-order valence-corrected chi connectivity index (χ3v) is 5.22. The van der Waals surface area contributed by atoms with E-state index in [2.05, 4.69) is 9.88 Å². The zero-order valence-electron chi connectivity index (χ0n) is 13.9. The molecule has 2 aliphatic rings. The number of hydrogen-bond acceptors (Lipinski definition) is 4. The van der Waals surface area contributed by atoms with Crippen LogP contribution in [0.3, 0.4) is 0 Å². The van der Waals surface area contributed by atoms with E-state index in [9.17, 15) is 4.79 Å². The largest absolute Gasteiger partial charge is 0.445 e. The zero-order chi connectivity index (χ0) is 16.4. The molecule has 0 unspecified atom stereocenters. The Morgan fingerprint density at radius 2 is 1.88 bits per heavy atom. The third kappa shape index (κ3) is 3.08. The number of carbonyl (C=O) groups is 1. The molecule has 126 valence electrons. The van der Waals surface area contributed by atoms with Crippen LogP contribution < -0.4 is 0 Å². The second kappa shape index (κ2) is 6.77. The summed E-state index contributed by atoms with van der Waals surface area (Å²) >= 11 is 0. The minimum absolute atomic E-state index is 0.129. The van der Waals surface area contributed by atoms with Crippen molar-refractivity contribution in [2.75, 3.05) is 26.2 Å². The molecule has 0 bridgehead atoms. The van der Waals surface area contributed by atoms with Gasteiger partial charge in [0.25, 0.3) is 5.91 Å². The van der Waals surface area contributed by atoms with Crippen molar-refractivity contribution in [1.82, 2.24) is 14.8 Å². The highest BCUT2D eigenvalue weighted by atomic mass is 16.3. The van der Waals surface area contributed by atoms with Crippen LogP contribution in [0, 0.1) is 0 Å². The van der Waals surface area contributed by atoms with Gasteiger partial charge in [-0.25, -0.2) is 4.98 Å². The molecule has 24 heavy (non-hydrogen) atoms. The van der Waals surface area contributed by atoms with Gasteiger partial charge < -0.3 is 9.32 Å². The standard InChI is InChI=1S/C19H23N3O2/c23-19(16-7-5-15(6-8-16)18-20-9-14-24-18)22-11-2-10-21(12-13-22)17-3-1-4-17/h5-9,14,17H,1-4,10-13H2. The number of aromatic nitrogens is 1. The first-order valence-corrected chi connectivity index (χ1v) is 8.84. The molecule has 0 N–H and O–H groups in total. The van der Waals surface area contributed by atoms with Crippen molar-refractivity contribution >= 4 is 5.91 Å². The Labute approximate surface area is 142 Å². The maximum Gasteiger partial charge on any atom is 0.253 e. The first-order chi connectivity index (χ1) is 11.8. The van der Waals surface area contributed by atoms with Crippen LogP contribution in [0.2, 0.25) is 0 Å². The lowest BCUT2D eigenvalue weighted by atomic mass is 9.91. The molecule has 0 radical (unpaired) electrons. The van der Waals surface area contributed by atoms with Crippen LogP contribution in [0.25, 0.3) is 11.5 Å². The fourth-order valence-electron chi connectivity index (χ4n) is 3.56. The Hall–Kier alpha value is -2.14. The van der Waals surface area contributed by atoms with E-state index in [0.717, 1.165) is 49.8 Å². The molecule has 1 saturated carbocycles. The summed E-state index contributed by atoms with van der Waals surface area (Å²) in [5.74, 6) is 0.712. The summed E-state index contributed by atoms with van der Waals surface area (Å²) in [6.07, 6.45) is 8.27. The van der Waals surface area contributed by atoms with Gasteiger partial charge in [0.1, 0.15) is 6.26 Å². The highest BCUT2D eigenvalue weighted by molar-refractivity contribution is 5.94. The van der Waals surface area contributed by atoms with Gasteiger partial charge in [-0.05, 0) is 43.5 Å². The van der Waals surface area contributed by atoms with Crippen molar-refractivity contribution in [3.8, 4) is 11.5 Å². The summed E-state index contributed by atoms with van der Waals surface area (Å²) < 4.78 is 5.29. The molecule has 5 nitrogen and oxygen atoms in total. The molecule has 0 spiro atoms. The van der Waals surface area contributed by atoms with Crippen LogP contribution >= 0.6 is 0 Å². The minimum atomic E-state index is 0.129. The summed E-state index contributed by atoms with van der Waals surface area (Å²) in [6, 6.07) is 8.31. The lowest BCUT2D eigenvalue weighted by Crippen LogP contribution is -2.42. The summed E-state index contributed by atoms with van der Waals surface area (Å²) in [7, 11) is 0. The van der Waals surface area contributed by atoms with Crippen LogP contribution in [0.15, 0.2) is 41.1 Å². The first-order valence-electron chi connectivity index (χ1n) is 8.84. The van der Waals surface area contributed by atoms with Gasteiger partial charge in [0.05, 0.1) is 6.20 Å². The van der Waals surface area contributed by atoms with E-state index in [4.69, 9.17) is 4.42 Å². The molecule has 0 atom stereocenters. The van der Waals surface area contributed by atoms with Crippen LogP contribution in [0.4, 0.5) is 0 Å². The van der Waals surface area contributed by atoms with E-state index in [0.29, 0.717) is 5.89 Å². The van der Waals surface area contributed by atoms with Crippen LogP contribution in [0.5, 0.6) is 0 Å². The van der Waals surface area contributed by atoms with Crippen LogP contribution in [-0.4, -0.2) is 52.9 Å². The Bertz CT molecular complexity index is 677. The Morgan fingerprint density at radius 1 is 1.04 bits per heavy atom. The third-order valence-electron chi connectivity index (χ3n) is 5.22. The van der Waals surface area contributed by atoms with E-state index in [1.54, 1.807) is 12.5 Å². The van der Waals surface area contributed by atoms with E-state index >= 15 is 0 Å².